The fraction of sp³-hybridized carbons (Fsp3) is 0.750. The third-order valence-corrected chi connectivity index (χ3v) is 6.88. The molecule has 0 bridgehead atoms. The monoisotopic (exact) mass is 354 g/mol. The number of rotatable bonds is 4. The lowest BCUT2D eigenvalue weighted by Crippen LogP contribution is -2.47. The Kier molecular flexibility index (Phi) is 4.96. The first kappa shape index (κ1) is 17.4. The van der Waals surface area contributed by atoms with E-state index in [0.29, 0.717) is 18.3 Å². The van der Waals surface area contributed by atoms with Crippen molar-refractivity contribution in [1.82, 2.24) is 14.7 Å². The van der Waals surface area contributed by atoms with Crippen molar-refractivity contribution in [2.45, 2.75) is 44.1 Å². The minimum Gasteiger partial charge on any atom is -0.311 e. The smallest absolute Gasteiger partial charge is 0.227 e. The maximum Gasteiger partial charge on any atom is 0.227 e. The number of carbonyl (C=O) groups is 1. The number of carbonyl (C=O) groups excluding carboxylic acids is 1. The molecule has 1 amide bonds. The summed E-state index contributed by atoms with van der Waals surface area (Å²) in [6, 6.07) is 1.70. The summed E-state index contributed by atoms with van der Waals surface area (Å²) >= 11 is 0. The summed E-state index contributed by atoms with van der Waals surface area (Å²) in [7, 11) is 0.657. The van der Waals surface area contributed by atoms with Gasteiger partial charge in [-0.1, -0.05) is 12.8 Å². The summed E-state index contributed by atoms with van der Waals surface area (Å²) in [6.45, 7) is 0.484. The van der Waals surface area contributed by atoms with E-state index in [-0.39, 0.29) is 29.9 Å². The van der Waals surface area contributed by atoms with E-state index in [9.17, 15) is 13.2 Å². The summed E-state index contributed by atoms with van der Waals surface area (Å²) in [4.78, 5) is 14.3. The maximum atomic E-state index is 12.3. The molecule has 1 atom stereocenters. The van der Waals surface area contributed by atoms with Crippen molar-refractivity contribution >= 4 is 21.6 Å². The second kappa shape index (κ2) is 6.84. The highest BCUT2D eigenvalue weighted by atomic mass is 32.2. The number of anilines is 1. The Hall–Kier alpha value is -1.41. The van der Waals surface area contributed by atoms with Gasteiger partial charge < -0.3 is 10.2 Å². The number of hydrogen-bond donors (Lipinski definition) is 1. The van der Waals surface area contributed by atoms with Crippen molar-refractivity contribution in [2.75, 3.05) is 30.4 Å². The molecule has 2 heterocycles. The first-order valence-electron chi connectivity index (χ1n) is 8.58. The molecule has 1 aliphatic carbocycles. The van der Waals surface area contributed by atoms with Gasteiger partial charge in [-0.3, -0.25) is 9.48 Å². The van der Waals surface area contributed by atoms with Crippen LogP contribution in [-0.4, -0.2) is 60.1 Å². The van der Waals surface area contributed by atoms with Gasteiger partial charge in [-0.25, -0.2) is 8.42 Å². The van der Waals surface area contributed by atoms with Crippen LogP contribution in [0.3, 0.4) is 0 Å². The quantitative estimate of drug-likeness (QED) is 0.876. The minimum absolute atomic E-state index is 0.0512. The Morgan fingerprint density at radius 3 is 2.75 bits per heavy atom. The van der Waals surface area contributed by atoms with Gasteiger partial charge in [0.2, 0.25) is 5.91 Å². The van der Waals surface area contributed by atoms with E-state index in [1.807, 2.05) is 25.1 Å². The molecule has 7 nitrogen and oxygen atoms in total. The number of hydrogen-bond acceptors (Lipinski definition) is 5. The summed E-state index contributed by atoms with van der Waals surface area (Å²) < 4.78 is 25.3. The molecule has 0 spiro atoms. The molecule has 1 saturated heterocycles. The van der Waals surface area contributed by atoms with Crippen LogP contribution in [0, 0.1) is 0 Å². The third kappa shape index (κ3) is 3.97. The van der Waals surface area contributed by atoms with E-state index in [2.05, 4.69) is 10.4 Å². The molecular formula is C16H26N4O3S. The molecule has 2 fully saturated rings. The predicted octanol–water partition coefficient (Wildman–Crippen LogP) is 1.14. The van der Waals surface area contributed by atoms with Crippen LogP contribution in [0.5, 0.6) is 0 Å². The van der Waals surface area contributed by atoms with E-state index in [4.69, 9.17) is 0 Å². The largest absolute Gasteiger partial charge is 0.311 e. The van der Waals surface area contributed by atoms with Crippen LogP contribution >= 0.6 is 0 Å². The molecule has 1 aromatic heterocycles. The fourth-order valence-electron chi connectivity index (χ4n) is 3.62. The number of sulfone groups is 1. The van der Waals surface area contributed by atoms with Crippen LogP contribution in [0.4, 0.5) is 5.82 Å². The van der Waals surface area contributed by atoms with Crippen molar-refractivity contribution in [1.29, 1.82) is 0 Å². The Labute approximate surface area is 143 Å². The Morgan fingerprint density at radius 2 is 2.04 bits per heavy atom. The first-order valence-corrected chi connectivity index (χ1v) is 10.4. The van der Waals surface area contributed by atoms with Gasteiger partial charge in [0.25, 0.3) is 0 Å². The third-order valence-electron chi connectivity index (χ3n) is 5.19. The summed E-state index contributed by atoms with van der Waals surface area (Å²) in [5.41, 5.74) is 1.04. The van der Waals surface area contributed by atoms with Gasteiger partial charge in [0, 0.05) is 38.0 Å². The predicted molar refractivity (Wildman–Crippen MR) is 92.7 cm³/mol. The average molecular weight is 354 g/mol. The van der Waals surface area contributed by atoms with Crippen LogP contribution in [0.1, 0.15) is 43.7 Å². The van der Waals surface area contributed by atoms with Gasteiger partial charge in [0.1, 0.15) is 5.82 Å². The summed E-state index contributed by atoms with van der Waals surface area (Å²) in [6.07, 6.45) is 4.99. The number of aryl methyl sites for hydroxylation is 1. The highest BCUT2D eigenvalue weighted by Gasteiger charge is 2.30. The zero-order valence-electron chi connectivity index (χ0n) is 14.4. The number of nitrogens with zero attached hydrogens (tertiary/aromatic N) is 3. The number of aromatic nitrogens is 2. The van der Waals surface area contributed by atoms with E-state index < -0.39 is 9.84 Å². The lowest BCUT2D eigenvalue weighted by molar-refractivity contribution is -0.117. The lowest BCUT2D eigenvalue weighted by atomic mass is 10.0. The second-order valence-corrected chi connectivity index (χ2v) is 9.29. The second-order valence-electron chi connectivity index (χ2n) is 7.06. The molecule has 0 aromatic carbocycles. The van der Waals surface area contributed by atoms with E-state index >= 15 is 0 Å². The standard InChI is InChI=1S/C16H26N4O3S/c1-19-7-8-24(22,23)11-13(19)9-16(21)17-15-10-14(18-20(15)2)12-5-3-4-6-12/h10,12-13H,3-9,11H2,1-2H3,(H,17,21). The van der Waals surface area contributed by atoms with Crippen molar-refractivity contribution in [2.24, 2.45) is 7.05 Å². The normalized spacial score (nSPS) is 25.0. The van der Waals surface area contributed by atoms with Gasteiger partial charge in [-0.15, -0.1) is 0 Å². The van der Waals surface area contributed by atoms with Gasteiger partial charge in [0.05, 0.1) is 17.2 Å². The lowest BCUT2D eigenvalue weighted by Gasteiger charge is -2.31. The topological polar surface area (TPSA) is 84.3 Å². The van der Waals surface area contributed by atoms with Crippen LogP contribution in [0.2, 0.25) is 0 Å². The Balaban J connectivity index is 1.62. The summed E-state index contributed by atoms with van der Waals surface area (Å²) in [5, 5.41) is 7.42. The van der Waals surface area contributed by atoms with E-state index in [1.54, 1.807) is 4.68 Å². The fourth-order valence-corrected chi connectivity index (χ4v) is 5.31. The van der Waals surface area contributed by atoms with E-state index in [1.165, 1.54) is 12.8 Å². The van der Waals surface area contributed by atoms with E-state index in [0.717, 1.165) is 18.5 Å². The van der Waals surface area contributed by atoms with Gasteiger partial charge in [0.15, 0.2) is 9.84 Å². The van der Waals surface area contributed by atoms with Crippen molar-refractivity contribution in [3.05, 3.63) is 11.8 Å². The molecule has 1 aliphatic heterocycles. The van der Waals surface area contributed by atoms with Crippen LogP contribution < -0.4 is 5.32 Å². The molecule has 0 radical (unpaired) electrons. The van der Waals surface area contributed by atoms with Gasteiger partial charge in [-0.05, 0) is 19.9 Å². The minimum atomic E-state index is -3.04. The molecule has 2 aliphatic rings. The zero-order chi connectivity index (χ0) is 17.3. The molecule has 3 rings (SSSR count). The number of amides is 1. The van der Waals surface area contributed by atoms with Crippen LogP contribution in [0.25, 0.3) is 0 Å². The summed E-state index contributed by atoms with van der Waals surface area (Å²) in [5.74, 6) is 1.24. The molecule has 1 unspecified atom stereocenters. The van der Waals surface area contributed by atoms with Gasteiger partial charge in [-0.2, -0.15) is 5.10 Å². The number of nitrogens with one attached hydrogen (secondary N) is 1. The Morgan fingerprint density at radius 1 is 1.33 bits per heavy atom. The first-order chi connectivity index (χ1) is 11.3. The molecule has 24 heavy (non-hydrogen) atoms. The maximum absolute atomic E-state index is 12.3. The van der Waals surface area contributed by atoms with Crippen molar-refractivity contribution in [3.63, 3.8) is 0 Å². The average Bonchev–Trinajstić information content (AvgIpc) is 3.13. The molecular weight excluding hydrogens is 328 g/mol. The highest BCUT2D eigenvalue weighted by molar-refractivity contribution is 7.91. The van der Waals surface area contributed by atoms with Crippen molar-refractivity contribution < 1.29 is 13.2 Å². The van der Waals surface area contributed by atoms with Gasteiger partial charge >= 0.3 is 0 Å². The van der Waals surface area contributed by atoms with Crippen molar-refractivity contribution in [3.8, 4) is 0 Å². The molecule has 134 valence electrons. The highest BCUT2D eigenvalue weighted by Crippen LogP contribution is 2.34. The Bertz CT molecular complexity index is 707. The SMILES string of the molecule is CN1CCS(=O)(=O)CC1CC(=O)Nc1cc(C2CCCC2)nn1C. The molecule has 1 saturated carbocycles. The molecule has 1 N–H and O–H groups in total. The molecule has 8 heteroatoms. The van der Waals surface area contributed by atoms with Crippen LogP contribution in [0.15, 0.2) is 6.07 Å². The molecule has 1 aromatic rings. The zero-order valence-corrected chi connectivity index (χ0v) is 15.2. The van der Waals surface area contributed by atoms with Crippen LogP contribution in [-0.2, 0) is 21.7 Å².